The summed E-state index contributed by atoms with van der Waals surface area (Å²) >= 11 is 0. The summed E-state index contributed by atoms with van der Waals surface area (Å²) < 4.78 is 4.96. The Morgan fingerprint density at radius 1 is 1.31 bits per heavy atom. The van der Waals surface area contributed by atoms with Gasteiger partial charge < -0.3 is 9.84 Å². The Hall–Kier alpha value is -3.42. The number of methoxy groups -OCH3 is 1. The third-order valence-corrected chi connectivity index (χ3v) is 3.71. The van der Waals surface area contributed by atoms with Gasteiger partial charge in [-0.05, 0) is 23.6 Å². The number of nitrogens with zero attached hydrogens (tertiary/aromatic N) is 2. The molecule has 2 aromatic rings. The number of nitro benzene ring substituents is 1. The topological polar surface area (TPSA) is 114 Å². The number of carbonyl (C=O) groups is 1. The predicted molar refractivity (Wildman–Crippen MR) is 96.6 cm³/mol. The van der Waals surface area contributed by atoms with Crippen LogP contribution in [0.1, 0.15) is 23.6 Å². The molecule has 0 atom stereocenters. The van der Waals surface area contributed by atoms with Gasteiger partial charge >= 0.3 is 5.69 Å². The summed E-state index contributed by atoms with van der Waals surface area (Å²) in [5.74, 6) is -0.704. The highest BCUT2D eigenvalue weighted by Crippen LogP contribution is 2.33. The Balaban J connectivity index is 2.06. The summed E-state index contributed by atoms with van der Waals surface area (Å²) in [6, 6.07) is 10.1. The molecular weight excluding hydrogens is 338 g/mol. The van der Waals surface area contributed by atoms with Gasteiger partial charge in [0.05, 0.1) is 30.7 Å². The lowest BCUT2D eigenvalue weighted by molar-refractivity contribution is -0.385. The third-order valence-electron chi connectivity index (χ3n) is 3.71. The first-order chi connectivity index (χ1) is 12.4. The molecule has 0 fully saturated rings. The molecule has 0 unspecified atom stereocenters. The molecule has 136 valence electrons. The van der Waals surface area contributed by atoms with Gasteiger partial charge in [-0.2, -0.15) is 5.10 Å². The summed E-state index contributed by atoms with van der Waals surface area (Å²) in [4.78, 5) is 22.1. The van der Waals surface area contributed by atoms with Crippen molar-refractivity contribution in [1.29, 1.82) is 0 Å². The molecule has 0 saturated heterocycles. The molecule has 0 bridgehead atoms. The number of nitrogens with one attached hydrogen (secondary N) is 1. The van der Waals surface area contributed by atoms with Crippen molar-refractivity contribution in [2.45, 2.75) is 19.8 Å². The zero-order chi connectivity index (χ0) is 19.1. The van der Waals surface area contributed by atoms with Crippen LogP contribution in [0, 0.1) is 10.1 Å². The van der Waals surface area contributed by atoms with Crippen molar-refractivity contribution < 1.29 is 19.6 Å². The Labute approximate surface area is 150 Å². The van der Waals surface area contributed by atoms with Crippen LogP contribution in [0.2, 0.25) is 0 Å². The number of benzene rings is 2. The molecule has 0 heterocycles. The molecule has 0 spiro atoms. The first kappa shape index (κ1) is 18.9. The number of hydrazone groups is 1. The molecule has 0 aromatic heterocycles. The Morgan fingerprint density at radius 2 is 1.96 bits per heavy atom. The number of hydrogen-bond donors (Lipinski definition) is 2. The SMILES string of the molecule is CCc1ccc(CC(=O)N/N=C/c2cc(OC)cc([N+](=O)[O-])c2O)cc1. The second kappa shape index (κ2) is 8.61. The maximum atomic E-state index is 11.9. The van der Waals surface area contributed by atoms with Gasteiger partial charge in [0.1, 0.15) is 5.75 Å². The van der Waals surface area contributed by atoms with Gasteiger partial charge in [0.15, 0.2) is 0 Å². The maximum absolute atomic E-state index is 11.9. The molecule has 2 aromatic carbocycles. The minimum atomic E-state index is -0.728. The summed E-state index contributed by atoms with van der Waals surface area (Å²) in [6.07, 6.45) is 2.20. The van der Waals surface area contributed by atoms with Gasteiger partial charge in [0.25, 0.3) is 0 Å². The number of rotatable bonds is 7. The minimum Gasteiger partial charge on any atom is -0.502 e. The van der Waals surface area contributed by atoms with Crippen LogP contribution in [-0.4, -0.2) is 29.3 Å². The van der Waals surface area contributed by atoms with E-state index >= 15 is 0 Å². The number of nitro groups is 1. The van der Waals surface area contributed by atoms with Gasteiger partial charge in [0.2, 0.25) is 11.7 Å². The van der Waals surface area contributed by atoms with Crippen LogP contribution in [-0.2, 0) is 17.6 Å². The van der Waals surface area contributed by atoms with Crippen molar-refractivity contribution in [3.63, 3.8) is 0 Å². The molecule has 0 aliphatic rings. The molecule has 8 heteroatoms. The molecule has 0 radical (unpaired) electrons. The lowest BCUT2D eigenvalue weighted by Gasteiger charge is -2.05. The number of phenolic OH excluding ortho intramolecular Hbond substituents is 1. The lowest BCUT2D eigenvalue weighted by atomic mass is 10.1. The van der Waals surface area contributed by atoms with E-state index < -0.39 is 16.4 Å². The maximum Gasteiger partial charge on any atom is 0.315 e. The van der Waals surface area contributed by atoms with Crippen molar-refractivity contribution >= 4 is 17.8 Å². The third kappa shape index (κ3) is 4.79. The smallest absolute Gasteiger partial charge is 0.315 e. The molecule has 0 aliphatic heterocycles. The van der Waals surface area contributed by atoms with E-state index in [1.165, 1.54) is 18.7 Å². The van der Waals surface area contributed by atoms with Crippen molar-refractivity contribution in [3.8, 4) is 11.5 Å². The number of phenols is 1. The molecule has 26 heavy (non-hydrogen) atoms. The quantitative estimate of drug-likeness (QED) is 0.449. The molecule has 2 rings (SSSR count). The van der Waals surface area contributed by atoms with Crippen molar-refractivity contribution in [2.24, 2.45) is 5.10 Å². The summed E-state index contributed by atoms with van der Waals surface area (Å²) in [5, 5.41) is 24.6. The highest BCUT2D eigenvalue weighted by atomic mass is 16.6. The van der Waals surface area contributed by atoms with Crippen LogP contribution in [0.15, 0.2) is 41.5 Å². The van der Waals surface area contributed by atoms with Crippen LogP contribution in [0.5, 0.6) is 11.5 Å². The fraction of sp³-hybridized carbons (Fsp3) is 0.222. The largest absolute Gasteiger partial charge is 0.502 e. The van der Waals surface area contributed by atoms with Crippen LogP contribution in [0.25, 0.3) is 0 Å². The first-order valence-electron chi connectivity index (χ1n) is 7.89. The Bertz CT molecular complexity index is 831. The molecule has 8 nitrogen and oxygen atoms in total. The van der Waals surface area contributed by atoms with Crippen molar-refractivity contribution in [2.75, 3.05) is 7.11 Å². The molecular formula is C18H19N3O5. The zero-order valence-corrected chi connectivity index (χ0v) is 14.4. The molecule has 2 N–H and O–H groups in total. The van der Waals surface area contributed by atoms with E-state index in [9.17, 15) is 20.0 Å². The van der Waals surface area contributed by atoms with E-state index in [2.05, 4.69) is 17.5 Å². The predicted octanol–water partition coefficient (Wildman–Crippen LogP) is 2.56. The van der Waals surface area contributed by atoms with Crippen LogP contribution >= 0.6 is 0 Å². The number of aryl methyl sites for hydroxylation is 1. The fourth-order valence-corrected chi connectivity index (χ4v) is 2.26. The number of amides is 1. The van der Waals surface area contributed by atoms with E-state index in [-0.39, 0.29) is 23.6 Å². The van der Waals surface area contributed by atoms with Gasteiger partial charge in [0, 0.05) is 5.56 Å². The zero-order valence-electron chi connectivity index (χ0n) is 14.4. The van der Waals surface area contributed by atoms with Gasteiger partial charge in [-0.1, -0.05) is 31.2 Å². The highest BCUT2D eigenvalue weighted by molar-refractivity contribution is 5.88. The molecule has 0 aliphatic carbocycles. The Morgan fingerprint density at radius 3 is 2.54 bits per heavy atom. The van der Waals surface area contributed by atoms with E-state index in [0.717, 1.165) is 24.3 Å². The van der Waals surface area contributed by atoms with Crippen molar-refractivity contribution in [1.82, 2.24) is 5.43 Å². The first-order valence-corrected chi connectivity index (χ1v) is 7.89. The van der Waals surface area contributed by atoms with Crippen LogP contribution in [0.3, 0.4) is 0 Å². The van der Waals surface area contributed by atoms with E-state index in [1.54, 1.807) is 0 Å². The average molecular weight is 357 g/mol. The van der Waals surface area contributed by atoms with Gasteiger partial charge in [-0.3, -0.25) is 14.9 Å². The number of aromatic hydroxyl groups is 1. The van der Waals surface area contributed by atoms with Gasteiger partial charge in [-0.15, -0.1) is 0 Å². The van der Waals surface area contributed by atoms with E-state index in [4.69, 9.17) is 4.74 Å². The van der Waals surface area contributed by atoms with Crippen LogP contribution in [0.4, 0.5) is 5.69 Å². The van der Waals surface area contributed by atoms with Crippen molar-refractivity contribution in [3.05, 3.63) is 63.2 Å². The summed E-state index contributed by atoms with van der Waals surface area (Å²) in [5.41, 5.74) is 3.91. The number of ether oxygens (including phenoxy) is 1. The van der Waals surface area contributed by atoms with E-state index in [1.807, 2.05) is 24.3 Å². The van der Waals surface area contributed by atoms with Crippen LogP contribution < -0.4 is 10.2 Å². The molecule has 0 saturated carbocycles. The molecule has 1 amide bonds. The fourth-order valence-electron chi connectivity index (χ4n) is 2.26. The minimum absolute atomic E-state index is 0.0589. The number of carbonyl (C=O) groups excluding carboxylic acids is 1. The summed E-state index contributed by atoms with van der Waals surface area (Å²) in [7, 11) is 1.35. The highest BCUT2D eigenvalue weighted by Gasteiger charge is 2.18. The van der Waals surface area contributed by atoms with Gasteiger partial charge in [-0.25, -0.2) is 5.43 Å². The second-order valence-electron chi connectivity index (χ2n) is 5.48. The monoisotopic (exact) mass is 357 g/mol. The lowest BCUT2D eigenvalue weighted by Crippen LogP contribution is -2.19. The standard InChI is InChI=1S/C18H19N3O5/c1-3-12-4-6-13(7-5-12)8-17(22)20-19-11-14-9-15(26-2)10-16(18(14)23)21(24)25/h4-7,9-11,23H,3,8H2,1-2H3,(H,20,22)/b19-11+. The normalized spacial score (nSPS) is 10.7. The van der Waals surface area contributed by atoms with E-state index in [0.29, 0.717) is 0 Å². The number of hydrogen-bond acceptors (Lipinski definition) is 6. The average Bonchev–Trinajstić information content (AvgIpc) is 2.63. The Kier molecular flexibility index (Phi) is 6.26. The second-order valence-corrected chi connectivity index (χ2v) is 5.48. The summed E-state index contributed by atoms with van der Waals surface area (Å²) in [6.45, 7) is 2.05.